The third kappa shape index (κ3) is 3.64. The first kappa shape index (κ1) is 19.3. The number of thiazole rings is 1. The van der Waals surface area contributed by atoms with E-state index in [1.807, 2.05) is 22.0 Å². The molecule has 1 aliphatic heterocycles. The van der Waals surface area contributed by atoms with Gasteiger partial charge in [-0.25, -0.2) is 4.98 Å². The third-order valence-electron chi connectivity index (χ3n) is 5.05. The van der Waals surface area contributed by atoms with Gasteiger partial charge in [0.15, 0.2) is 11.6 Å². The number of aromatic nitrogens is 2. The van der Waals surface area contributed by atoms with Gasteiger partial charge in [-0.3, -0.25) is 14.0 Å². The number of imidazole rings is 1. The summed E-state index contributed by atoms with van der Waals surface area (Å²) < 4.78 is 7.54. The van der Waals surface area contributed by atoms with Gasteiger partial charge in [0.25, 0.3) is 11.8 Å². The predicted octanol–water partition coefficient (Wildman–Crippen LogP) is 3.63. The minimum Gasteiger partial charge on any atom is -0.484 e. The Morgan fingerprint density at radius 1 is 1.10 bits per heavy atom. The highest BCUT2D eigenvalue weighted by atomic mass is 35.5. The number of nitrogens with zero attached hydrogens (tertiary/aromatic N) is 4. The highest BCUT2D eigenvalue weighted by Crippen LogP contribution is 2.29. The largest absolute Gasteiger partial charge is 0.484 e. The van der Waals surface area contributed by atoms with Crippen LogP contribution in [0.5, 0.6) is 5.75 Å². The SMILES string of the molecule is O=C(COc1ccc(Cl)cc1)N1CCN(C(=O)c2cc3c(nc4sccn43)s2)CC1. The van der Waals surface area contributed by atoms with Crippen molar-refractivity contribution in [1.29, 1.82) is 0 Å². The molecular weight excluding hydrogens is 444 g/mol. The molecule has 0 spiro atoms. The molecule has 1 saturated heterocycles. The Kier molecular flexibility index (Phi) is 5.10. The fraction of sp³-hybridized carbons (Fsp3) is 0.250. The molecule has 10 heteroatoms. The van der Waals surface area contributed by atoms with Crippen molar-refractivity contribution in [2.24, 2.45) is 0 Å². The van der Waals surface area contributed by atoms with E-state index < -0.39 is 0 Å². The van der Waals surface area contributed by atoms with E-state index in [-0.39, 0.29) is 18.4 Å². The average molecular weight is 461 g/mol. The summed E-state index contributed by atoms with van der Waals surface area (Å²) in [5.74, 6) is 0.503. The van der Waals surface area contributed by atoms with Crippen molar-refractivity contribution in [2.45, 2.75) is 0 Å². The summed E-state index contributed by atoms with van der Waals surface area (Å²) in [7, 11) is 0. The second kappa shape index (κ2) is 7.90. The van der Waals surface area contributed by atoms with Crippen molar-refractivity contribution in [1.82, 2.24) is 19.2 Å². The Bertz CT molecular complexity index is 1220. The Morgan fingerprint density at radius 3 is 2.60 bits per heavy atom. The average Bonchev–Trinajstić information content (AvgIpc) is 3.45. The van der Waals surface area contributed by atoms with Crippen LogP contribution >= 0.6 is 34.3 Å². The molecule has 1 aromatic carbocycles. The zero-order valence-electron chi connectivity index (χ0n) is 15.8. The smallest absolute Gasteiger partial charge is 0.264 e. The Morgan fingerprint density at radius 2 is 1.83 bits per heavy atom. The predicted molar refractivity (Wildman–Crippen MR) is 118 cm³/mol. The molecule has 1 aliphatic rings. The summed E-state index contributed by atoms with van der Waals surface area (Å²) in [5.41, 5.74) is 0.966. The van der Waals surface area contributed by atoms with Crippen LogP contribution in [0.3, 0.4) is 0 Å². The first-order valence-corrected chi connectivity index (χ1v) is 11.5. The van der Waals surface area contributed by atoms with Crippen LogP contribution in [0.15, 0.2) is 41.9 Å². The van der Waals surface area contributed by atoms with Crippen LogP contribution in [-0.4, -0.2) is 63.8 Å². The van der Waals surface area contributed by atoms with Gasteiger partial charge in [-0.2, -0.15) is 0 Å². The number of piperazine rings is 1. The number of halogens is 1. The van der Waals surface area contributed by atoms with E-state index in [4.69, 9.17) is 16.3 Å². The molecule has 0 aliphatic carbocycles. The molecule has 1 fully saturated rings. The molecule has 154 valence electrons. The van der Waals surface area contributed by atoms with Crippen LogP contribution in [0.25, 0.3) is 15.3 Å². The molecule has 3 aromatic heterocycles. The standard InChI is InChI=1S/C20H17ClN4O3S2/c21-13-1-3-14(4-2-13)28-12-17(26)23-5-7-24(8-6-23)19(27)16-11-15-18(30-16)22-20-25(15)9-10-29-20/h1-4,9-11H,5-8,12H2. The molecule has 4 aromatic rings. The zero-order chi connectivity index (χ0) is 20.7. The molecule has 2 amide bonds. The van der Waals surface area contributed by atoms with Gasteiger partial charge in [0.1, 0.15) is 10.6 Å². The number of benzene rings is 1. The lowest BCUT2D eigenvalue weighted by atomic mass is 10.3. The number of carbonyl (C=O) groups excluding carboxylic acids is 2. The fourth-order valence-corrected chi connectivity index (χ4v) is 5.33. The van der Waals surface area contributed by atoms with Gasteiger partial charge < -0.3 is 14.5 Å². The summed E-state index contributed by atoms with van der Waals surface area (Å²) in [6, 6.07) is 8.81. The number of ether oxygens (including phenoxy) is 1. The molecule has 5 rings (SSSR count). The molecule has 0 bridgehead atoms. The zero-order valence-corrected chi connectivity index (χ0v) is 18.2. The van der Waals surface area contributed by atoms with E-state index in [0.717, 1.165) is 15.3 Å². The molecule has 0 N–H and O–H groups in total. The number of thiophene rings is 1. The number of hydrogen-bond acceptors (Lipinski definition) is 6. The molecule has 0 radical (unpaired) electrons. The Labute approximate surface area is 185 Å². The maximum absolute atomic E-state index is 12.9. The van der Waals surface area contributed by atoms with E-state index in [1.165, 1.54) is 11.3 Å². The van der Waals surface area contributed by atoms with Crippen molar-refractivity contribution < 1.29 is 14.3 Å². The van der Waals surface area contributed by atoms with Gasteiger partial charge >= 0.3 is 0 Å². The lowest BCUT2D eigenvalue weighted by Crippen LogP contribution is -2.51. The fourth-order valence-electron chi connectivity index (χ4n) is 3.43. The van der Waals surface area contributed by atoms with Crippen molar-refractivity contribution in [3.8, 4) is 5.75 Å². The quantitative estimate of drug-likeness (QED) is 0.466. The van der Waals surface area contributed by atoms with Gasteiger partial charge in [0.05, 0.1) is 10.4 Å². The van der Waals surface area contributed by atoms with Gasteiger partial charge in [-0.1, -0.05) is 11.6 Å². The van der Waals surface area contributed by atoms with Crippen molar-refractivity contribution in [2.75, 3.05) is 32.8 Å². The highest BCUT2D eigenvalue weighted by Gasteiger charge is 2.26. The summed E-state index contributed by atoms with van der Waals surface area (Å²) in [6.07, 6.45) is 1.97. The van der Waals surface area contributed by atoms with Crippen LogP contribution in [0.1, 0.15) is 9.67 Å². The molecule has 30 heavy (non-hydrogen) atoms. The Hall–Kier alpha value is -2.62. The van der Waals surface area contributed by atoms with Crippen LogP contribution in [0, 0.1) is 0 Å². The van der Waals surface area contributed by atoms with Crippen molar-refractivity contribution in [3.63, 3.8) is 0 Å². The van der Waals surface area contributed by atoms with E-state index in [9.17, 15) is 9.59 Å². The first-order chi connectivity index (χ1) is 14.6. The van der Waals surface area contributed by atoms with E-state index in [1.54, 1.807) is 45.4 Å². The lowest BCUT2D eigenvalue weighted by molar-refractivity contribution is -0.134. The molecule has 0 saturated carbocycles. The minimum absolute atomic E-state index is 0.00788. The van der Waals surface area contributed by atoms with Gasteiger partial charge in [0, 0.05) is 42.8 Å². The number of rotatable bonds is 4. The monoisotopic (exact) mass is 460 g/mol. The summed E-state index contributed by atoms with van der Waals surface area (Å²) in [4.78, 5) is 35.9. The number of hydrogen-bond donors (Lipinski definition) is 0. The third-order valence-corrected chi connectivity index (χ3v) is 7.06. The highest BCUT2D eigenvalue weighted by molar-refractivity contribution is 7.21. The molecule has 7 nitrogen and oxygen atoms in total. The van der Waals surface area contributed by atoms with Crippen molar-refractivity contribution in [3.05, 3.63) is 51.8 Å². The number of amides is 2. The van der Waals surface area contributed by atoms with Gasteiger partial charge in [0.2, 0.25) is 0 Å². The van der Waals surface area contributed by atoms with E-state index in [0.29, 0.717) is 41.8 Å². The van der Waals surface area contributed by atoms with Crippen LogP contribution in [0.4, 0.5) is 0 Å². The number of carbonyl (C=O) groups is 2. The van der Waals surface area contributed by atoms with Crippen LogP contribution < -0.4 is 4.74 Å². The topological polar surface area (TPSA) is 67.2 Å². The molecular formula is C20H17ClN4O3S2. The van der Waals surface area contributed by atoms with E-state index in [2.05, 4.69) is 4.98 Å². The van der Waals surface area contributed by atoms with E-state index >= 15 is 0 Å². The van der Waals surface area contributed by atoms with Crippen molar-refractivity contribution >= 4 is 61.4 Å². The minimum atomic E-state index is -0.0904. The number of fused-ring (bicyclic) bond motifs is 3. The van der Waals surface area contributed by atoms with Crippen LogP contribution in [-0.2, 0) is 4.79 Å². The molecule has 0 atom stereocenters. The van der Waals surface area contributed by atoms with Crippen LogP contribution in [0.2, 0.25) is 5.02 Å². The van der Waals surface area contributed by atoms with Gasteiger partial charge in [-0.05, 0) is 30.3 Å². The lowest BCUT2D eigenvalue weighted by Gasteiger charge is -2.34. The Balaban J connectivity index is 1.18. The summed E-state index contributed by atoms with van der Waals surface area (Å²) >= 11 is 8.84. The normalized spacial score (nSPS) is 14.6. The first-order valence-electron chi connectivity index (χ1n) is 9.39. The van der Waals surface area contributed by atoms with Gasteiger partial charge in [-0.15, -0.1) is 22.7 Å². The summed E-state index contributed by atoms with van der Waals surface area (Å²) in [6.45, 7) is 1.96. The second-order valence-electron chi connectivity index (χ2n) is 6.88. The maximum Gasteiger partial charge on any atom is 0.264 e. The molecule has 4 heterocycles. The second-order valence-corrected chi connectivity index (χ2v) is 9.22. The molecule has 0 unspecified atom stereocenters. The summed E-state index contributed by atoms with van der Waals surface area (Å²) in [5, 5.41) is 2.60. The maximum atomic E-state index is 12.9.